The number of carbonyl (C=O) groups is 1. The first-order valence-electron chi connectivity index (χ1n) is 12.0. The highest BCUT2D eigenvalue weighted by atomic mass is 35.5. The van der Waals surface area contributed by atoms with Crippen LogP contribution in [-0.4, -0.2) is 40.3 Å². The number of nitrogens with one attached hydrogen (secondary N) is 1. The number of hydrogen-bond acceptors (Lipinski definition) is 4. The van der Waals surface area contributed by atoms with Crippen LogP contribution in [0.25, 0.3) is 0 Å². The summed E-state index contributed by atoms with van der Waals surface area (Å²) in [4.78, 5) is 15.3. The number of benzene rings is 2. The molecule has 0 bridgehead atoms. The quantitative estimate of drug-likeness (QED) is 0.367. The number of hydrogen-bond donors (Lipinski definition) is 1. The molecule has 6 nitrogen and oxygen atoms in total. The summed E-state index contributed by atoms with van der Waals surface area (Å²) < 4.78 is 7.78. The van der Waals surface area contributed by atoms with E-state index in [1.807, 2.05) is 41.9 Å². The van der Waals surface area contributed by atoms with Crippen molar-refractivity contribution >= 4 is 35.6 Å². The molecule has 1 aliphatic heterocycles. The Kier molecular flexibility index (Phi) is 9.61. The Balaban J connectivity index is 0.00000342. The molecule has 8 heteroatoms. The Labute approximate surface area is 219 Å². The van der Waals surface area contributed by atoms with Crippen molar-refractivity contribution in [3.63, 3.8) is 0 Å². The van der Waals surface area contributed by atoms with E-state index in [1.54, 1.807) is 6.07 Å². The minimum absolute atomic E-state index is 0. The second kappa shape index (κ2) is 12.4. The van der Waals surface area contributed by atoms with E-state index in [1.165, 1.54) is 31.5 Å². The van der Waals surface area contributed by atoms with Crippen molar-refractivity contribution in [2.45, 2.75) is 46.7 Å². The second-order valence-corrected chi connectivity index (χ2v) is 9.86. The molecule has 1 N–H and O–H groups in total. The van der Waals surface area contributed by atoms with Gasteiger partial charge in [-0.25, -0.2) is 0 Å². The third kappa shape index (κ3) is 7.47. The zero-order valence-corrected chi connectivity index (χ0v) is 22.2. The third-order valence-electron chi connectivity index (χ3n) is 5.95. The van der Waals surface area contributed by atoms with Gasteiger partial charge in [-0.1, -0.05) is 37.6 Å². The molecule has 3 aromatic rings. The van der Waals surface area contributed by atoms with Crippen molar-refractivity contribution in [2.75, 3.05) is 25.0 Å². The summed E-state index contributed by atoms with van der Waals surface area (Å²) in [6.07, 6.45) is 2.56. The van der Waals surface area contributed by atoms with Gasteiger partial charge < -0.3 is 10.1 Å². The first-order chi connectivity index (χ1) is 16.4. The Morgan fingerprint density at radius 2 is 1.80 bits per heavy atom. The fourth-order valence-corrected chi connectivity index (χ4v) is 4.29. The largest absolute Gasteiger partial charge is 0.493 e. The number of rotatable bonds is 9. The molecular weight excluding hydrogens is 483 g/mol. The van der Waals surface area contributed by atoms with E-state index in [4.69, 9.17) is 16.3 Å². The molecular formula is C27H34Cl2N4O2. The maximum Gasteiger partial charge on any atom is 0.276 e. The van der Waals surface area contributed by atoms with Crippen molar-refractivity contribution in [3.05, 3.63) is 76.1 Å². The van der Waals surface area contributed by atoms with Crippen molar-refractivity contribution in [2.24, 2.45) is 5.92 Å². The minimum Gasteiger partial charge on any atom is -0.493 e. The molecule has 0 atom stereocenters. The van der Waals surface area contributed by atoms with Gasteiger partial charge in [0.1, 0.15) is 5.75 Å². The Bertz CT molecular complexity index is 1120. The van der Waals surface area contributed by atoms with E-state index in [9.17, 15) is 4.79 Å². The molecule has 1 saturated heterocycles. The maximum absolute atomic E-state index is 12.9. The summed E-state index contributed by atoms with van der Waals surface area (Å²) >= 11 is 6.24. The molecule has 0 saturated carbocycles. The number of aryl methyl sites for hydroxylation is 1. The van der Waals surface area contributed by atoms with Crippen LogP contribution in [0.3, 0.4) is 0 Å². The molecule has 188 valence electrons. The summed E-state index contributed by atoms with van der Waals surface area (Å²) in [7, 11) is 0. The lowest BCUT2D eigenvalue weighted by molar-refractivity contribution is 0.102. The minimum atomic E-state index is -0.225. The van der Waals surface area contributed by atoms with E-state index in [0.29, 0.717) is 29.8 Å². The van der Waals surface area contributed by atoms with Gasteiger partial charge in [0.15, 0.2) is 5.69 Å². The maximum atomic E-state index is 12.9. The smallest absolute Gasteiger partial charge is 0.276 e. The molecule has 0 aliphatic carbocycles. The predicted molar refractivity (Wildman–Crippen MR) is 144 cm³/mol. The lowest BCUT2D eigenvalue weighted by Crippen LogP contribution is -2.18. The van der Waals surface area contributed by atoms with Crippen LogP contribution in [0.1, 0.15) is 54.0 Å². The summed E-state index contributed by atoms with van der Waals surface area (Å²) in [5, 5.41) is 8.16. The van der Waals surface area contributed by atoms with Gasteiger partial charge in [-0.15, -0.1) is 12.4 Å². The van der Waals surface area contributed by atoms with Crippen LogP contribution in [0.5, 0.6) is 5.75 Å². The van der Waals surface area contributed by atoms with Crippen molar-refractivity contribution in [1.82, 2.24) is 14.7 Å². The number of halogens is 2. The van der Waals surface area contributed by atoms with Crippen LogP contribution < -0.4 is 10.1 Å². The number of likely N-dealkylation sites (tertiary alicyclic amines) is 1. The summed E-state index contributed by atoms with van der Waals surface area (Å²) in [5.74, 6) is 0.976. The molecule has 1 aromatic heterocycles. The van der Waals surface area contributed by atoms with Gasteiger partial charge in [-0.2, -0.15) is 5.10 Å². The van der Waals surface area contributed by atoms with E-state index < -0.39 is 0 Å². The molecule has 0 spiro atoms. The number of aromatic nitrogens is 2. The highest BCUT2D eigenvalue weighted by molar-refractivity contribution is 6.30. The standard InChI is InChI=1S/C27H33ClN4O2.ClH/c1-19(2)18-34-26-11-8-23(28)15-22(26)17-32-20(3)14-25(30-32)27(33)29-24-9-6-21(7-10-24)16-31-12-4-5-13-31;/h6-11,14-15,19H,4-5,12-13,16-18H2,1-3H3,(H,29,33);1H. The van der Waals surface area contributed by atoms with Crippen molar-refractivity contribution < 1.29 is 9.53 Å². The Morgan fingerprint density at radius 3 is 2.49 bits per heavy atom. The van der Waals surface area contributed by atoms with Crippen LogP contribution in [0.15, 0.2) is 48.5 Å². The van der Waals surface area contributed by atoms with Crippen LogP contribution >= 0.6 is 24.0 Å². The Hall–Kier alpha value is -2.54. The van der Waals surface area contributed by atoms with Gasteiger partial charge in [-0.3, -0.25) is 14.4 Å². The normalized spacial score (nSPS) is 13.6. The fraction of sp³-hybridized carbons (Fsp3) is 0.407. The van der Waals surface area contributed by atoms with Gasteiger partial charge in [0, 0.05) is 28.5 Å². The van der Waals surface area contributed by atoms with E-state index in [2.05, 4.69) is 41.3 Å². The van der Waals surface area contributed by atoms with E-state index in [0.717, 1.165) is 29.2 Å². The van der Waals surface area contributed by atoms with E-state index >= 15 is 0 Å². The van der Waals surface area contributed by atoms with Crippen LogP contribution in [0.4, 0.5) is 5.69 Å². The van der Waals surface area contributed by atoms with E-state index in [-0.39, 0.29) is 18.3 Å². The van der Waals surface area contributed by atoms with Gasteiger partial charge in [0.05, 0.1) is 13.2 Å². The molecule has 0 unspecified atom stereocenters. The summed E-state index contributed by atoms with van der Waals surface area (Å²) in [6, 6.07) is 15.5. The first kappa shape index (κ1) is 27.1. The molecule has 0 radical (unpaired) electrons. The zero-order valence-electron chi connectivity index (χ0n) is 20.6. The molecule has 4 rings (SSSR count). The topological polar surface area (TPSA) is 59.4 Å². The molecule has 1 aliphatic rings. The second-order valence-electron chi connectivity index (χ2n) is 9.42. The Morgan fingerprint density at radius 1 is 1.09 bits per heavy atom. The summed E-state index contributed by atoms with van der Waals surface area (Å²) in [5.41, 5.74) is 4.23. The monoisotopic (exact) mass is 516 g/mol. The highest BCUT2D eigenvalue weighted by Gasteiger charge is 2.16. The lowest BCUT2D eigenvalue weighted by atomic mass is 10.2. The fourth-order valence-electron chi connectivity index (χ4n) is 4.10. The average Bonchev–Trinajstić information content (AvgIpc) is 3.44. The number of nitrogens with zero attached hydrogens (tertiary/aromatic N) is 3. The van der Waals surface area contributed by atoms with Crippen LogP contribution in [-0.2, 0) is 13.1 Å². The molecule has 2 aromatic carbocycles. The zero-order chi connectivity index (χ0) is 24.1. The molecule has 2 heterocycles. The first-order valence-corrected chi connectivity index (χ1v) is 12.3. The number of carbonyl (C=O) groups excluding carboxylic acids is 1. The van der Waals surface area contributed by atoms with Gasteiger partial charge in [0.25, 0.3) is 5.91 Å². The number of ether oxygens (including phenoxy) is 1. The van der Waals surface area contributed by atoms with Gasteiger partial charge in [-0.05, 0) is 80.7 Å². The highest BCUT2D eigenvalue weighted by Crippen LogP contribution is 2.25. The summed E-state index contributed by atoms with van der Waals surface area (Å²) in [6.45, 7) is 10.6. The van der Waals surface area contributed by atoms with Crippen LogP contribution in [0, 0.1) is 12.8 Å². The SMILES string of the molecule is Cc1cc(C(=O)Nc2ccc(CN3CCCC3)cc2)nn1Cc1cc(Cl)ccc1OCC(C)C.Cl. The van der Waals surface area contributed by atoms with Crippen molar-refractivity contribution in [1.29, 1.82) is 0 Å². The number of amides is 1. The number of anilines is 1. The molecule has 1 amide bonds. The van der Waals surface area contributed by atoms with Crippen LogP contribution in [0.2, 0.25) is 5.02 Å². The predicted octanol–water partition coefficient (Wildman–Crippen LogP) is 6.20. The van der Waals surface area contributed by atoms with Crippen molar-refractivity contribution in [3.8, 4) is 5.75 Å². The average molecular weight is 518 g/mol. The van der Waals surface area contributed by atoms with Gasteiger partial charge >= 0.3 is 0 Å². The van der Waals surface area contributed by atoms with Gasteiger partial charge in [0.2, 0.25) is 0 Å². The molecule has 1 fully saturated rings. The molecule has 35 heavy (non-hydrogen) atoms. The third-order valence-corrected chi connectivity index (χ3v) is 6.18. The lowest BCUT2D eigenvalue weighted by Gasteiger charge is -2.14.